The van der Waals surface area contributed by atoms with E-state index in [1.165, 1.54) is 5.56 Å². The summed E-state index contributed by atoms with van der Waals surface area (Å²) >= 11 is 1.73. The highest BCUT2D eigenvalue weighted by molar-refractivity contribution is 7.99. The van der Waals surface area contributed by atoms with E-state index in [-0.39, 0.29) is 11.9 Å². The first kappa shape index (κ1) is 15.9. The minimum Gasteiger partial charge on any atom is -0.497 e. The zero-order chi connectivity index (χ0) is 15.2. The van der Waals surface area contributed by atoms with Crippen LogP contribution in [0.2, 0.25) is 0 Å². The molecule has 4 nitrogen and oxygen atoms in total. The van der Waals surface area contributed by atoms with Gasteiger partial charge in [0, 0.05) is 34.6 Å². The molecule has 0 spiro atoms. The molecule has 0 fully saturated rings. The summed E-state index contributed by atoms with van der Waals surface area (Å²) in [6.45, 7) is 5.11. The predicted octanol–water partition coefficient (Wildman–Crippen LogP) is 3.29. The van der Waals surface area contributed by atoms with Crippen molar-refractivity contribution in [3.05, 3.63) is 29.8 Å². The van der Waals surface area contributed by atoms with Crippen molar-refractivity contribution in [2.24, 2.45) is 0 Å². The fraction of sp³-hybridized carbons (Fsp3) is 0.438. The number of thioether (sulfide) groups is 1. The summed E-state index contributed by atoms with van der Waals surface area (Å²) in [6.07, 6.45) is 0. The van der Waals surface area contributed by atoms with Gasteiger partial charge in [-0.2, -0.15) is 11.8 Å². The highest BCUT2D eigenvalue weighted by atomic mass is 32.2. The van der Waals surface area contributed by atoms with Crippen LogP contribution in [0.4, 0.5) is 5.82 Å². The van der Waals surface area contributed by atoms with Crippen molar-refractivity contribution in [3.63, 3.8) is 0 Å². The van der Waals surface area contributed by atoms with Crippen molar-refractivity contribution in [1.82, 2.24) is 4.98 Å². The molecule has 5 heteroatoms. The van der Waals surface area contributed by atoms with E-state index in [0.717, 1.165) is 34.8 Å². The van der Waals surface area contributed by atoms with Gasteiger partial charge in [0.15, 0.2) is 0 Å². The Kier molecular flexibility index (Phi) is 5.70. The maximum atomic E-state index is 9.15. The molecule has 21 heavy (non-hydrogen) atoms. The first-order chi connectivity index (χ1) is 10.2. The van der Waals surface area contributed by atoms with Gasteiger partial charge in [-0.1, -0.05) is 6.92 Å². The van der Waals surface area contributed by atoms with Gasteiger partial charge in [0.25, 0.3) is 0 Å². The number of nitrogens with zero attached hydrogens (tertiary/aromatic N) is 1. The molecular formula is C16H22N2O2S. The third-order valence-electron chi connectivity index (χ3n) is 3.23. The van der Waals surface area contributed by atoms with Crippen molar-refractivity contribution in [2.75, 3.05) is 25.6 Å². The quantitative estimate of drug-likeness (QED) is 0.822. The van der Waals surface area contributed by atoms with Crippen molar-refractivity contribution in [3.8, 4) is 5.75 Å². The number of pyridine rings is 1. The SMILES string of the molecule is CCNc1nc2cc(OC)ccc2cc1CSC(C)CO. The Labute approximate surface area is 129 Å². The molecule has 2 aromatic rings. The molecule has 0 aliphatic carbocycles. The topological polar surface area (TPSA) is 54.4 Å². The minimum atomic E-state index is 0.194. The monoisotopic (exact) mass is 306 g/mol. The van der Waals surface area contributed by atoms with Crippen molar-refractivity contribution < 1.29 is 9.84 Å². The number of rotatable bonds is 7. The first-order valence-electron chi connectivity index (χ1n) is 7.12. The Morgan fingerprint density at radius 2 is 2.19 bits per heavy atom. The van der Waals surface area contributed by atoms with Crippen molar-refractivity contribution in [2.45, 2.75) is 24.9 Å². The molecule has 0 saturated heterocycles. The number of aromatic nitrogens is 1. The fourth-order valence-corrected chi connectivity index (χ4v) is 2.82. The summed E-state index contributed by atoms with van der Waals surface area (Å²) < 4.78 is 5.25. The van der Waals surface area contributed by atoms with Crippen LogP contribution in [-0.4, -0.2) is 35.6 Å². The molecule has 1 aromatic heterocycles. The lowest BCUT2D eigenvalue weighted by molar-refractivity contribution is 0.300. The summed E-state index contributed by atoms with van der Waals surface area (Å²) in [5.74, 6) is 2.56. The van der Waals surface area contributed by atoms with Gasteiger partial charge < -0.3 is 15.2 Å². The maximum absolute atomic E-state index is 9.15. The Morgan fingerprint density at radius 1 is 1.38 bits per heavy atom. The molecule has 1 aromatic carbocycles. The molecule has 114 valence electrons. The molecule has 1 unspecified atom stereocenters. The molecular weight excluding hydrogens is 284 g/mol. The first-order valence-corrected chi connectivity index (χ1v) is 8.16. The number of nitrogens with one attached hydrogen (secondary N) is 1. The van der Waals surface area contributed by atoms with E-state index in [9.17, 15) is 0 Å². The molecule has 0 saturated carbocycles. The third-order valence-corrected chi connectivity index (χ3v) is 4.42. The molecule has 2 N–H and O–H groups in total. The Balaban J connectivity index is 2.35. The standard InChI is InChI=1S/C16H22N2O2S/c1-4-17-16-13(10-21-11(2)9-19)7-12-5-6-14(20-3)8-15(12)18-16/h5-8,11,19H,4,9-10H2,1-3H3,(H,17,18). The fourth-order valence-electron chi connectivity index (χ4n) is 2.03. The second-order valence-electron chi connectivity index (χ2n) is 4.89. The van der Waals surface area contributed by atoms with E-state index in [1.807, 2.05) is 25.1 Å². The average Bonchev–Trinajstić information content (AvgIpc) is 2.52. The van der Waals surface area contributed by atoms with Crippen LogP contribution < -0.4 is 10.1 Å². The highest BCUT2D eigenvalue weighted by Gasteiger charge is 2.09. The van der Waals surface area contributed by atoms with Gasteiger partial charge in [0.05, 0.1) is 19.2 Å². The van der Waals surface area contributed by atoms with Gasteiger partial charge in [-0.25, -0.2) is 4.98 Å². The summed E-state index contributed by atoms with van der Waals surface area (Å²) in [7, 11) is 1.66. The largest absolute Gasteiger partial charge is 0.497 e. The zero-order valence-corrected chi connectivity index (χ0v) is 13.5. The van der Waals surface area contributed by atoms with Crippen LogP contribution in [0.15, 0.2) is 24.3 Å². The lowest BCUT2D eigenvalue weighted by atomic mass is 10.1. The molecule has 0 aliphatic heterocycles. The van der Waals surface area contributed by atoms with Crippen LogP contribution in [0, 0.1) is 0 Å². The van der Waals surface area contributed by atoms with Gasteiger partial charge in [-0.05, 0) is 25.1 Å². The number of ether oxygens (including phenoxy) is 1. The smallest absolute Gasteiger partial charge is 0.130 e. The lowest BCUT2D eigenvalue weighted by Gasteiger charge is -2.13. The predicted molar refractivity (Wildman–Crippen MR) is 90.3 cm³/mol. The van der Waals surface area contributed by atoms with Crippen LogP contribution in [-0.2, 0) is 5.75 Å². The van der Waals surface area contributed by atoms with E-state index >= 15 is 0 Å². The zero-order valence-electron chi connectivity index (χ0n) is 12.7. The number of aliphatic hydroxyl groups excluding tert-OH is 1. The summed E-state index contributed by atoms with van der Waals surface area (Å²) in [5.41, 5.74) is 2.09. The third kappa shape index (κ3) is 4.02. The second-order valence-corrected chi connectivity index (χ2v) is 6.32. The number of hydrogen-bond donors (Lipinski definition) is 2. The molecule has 0 amide bonds. The normalized spacial score (nSPS) is 12.4. The van der Waals surface area contributed by atoms with E-state index in [0.29, 0.717) is 0 Å². The van der Waals surface area contributed by atoms with E-state index in [4.69, 9.17) is 14.8 Å². The number of hydrogen-bond acceptors (Lipinski definition) is 5. The molecule has 0 aliphatic rings. The molecule has 0 bridgehead atoms. The van der Waals surface area contributed by atoms with Crippen LogP contribution in [0.1, 0.15) is 19.4 Å². The number of methoxy groups -OCH3 is 1. The second kappa shape index (κ2) is 7.52. The van der Waals surface area contributed by atoms with Crippen LogP contribution in [0.25, 0.3) is 10.9 Å². The minimum absolute atomic E-state index is 0.194. The van der Waals surface area contributed by atoms with Gasteiger partial charge in [0.1, 0.15) is 11.6 Å². The summed E-state index contributed by atoms with van der Waals surface area (Å²) in [4.78, 5) is 4.71. The summed E-state index contributed by atoms with van der Waals surface area (Å²) in [5, 5.41) is 13.8. The van der Waals surface area contributed by atoms with Gasteiger partial charge in [-0.15, -0.1) is 0 Å². The molecule has 1 atom stereocenters. The number of aliphatic hydroxyl groups is 1. The average molecular weight is 306 g/mol. The Hall–Kier alpha value is -1.46. The lowest BCUT2D eigenvalue weighted by Crippen LogP contribution is -2.06. The Bertz CT molecular complexity index is 604. The summed E-state index contributed by atoms with van der Waals surface area (Å²) in [6, 6.07) is 8.09. The number of fused-ring (bicyclic) bond motifs is 1. The van der Waals surface area contributed by atoms with Crippen LogP contribution in [0.3, 0.4) is 0 Å². The van der Waals surface area contributed by atoms with Gasteiger partial charge in [-0.3, -0.25) is 0 Å². The van der Waals surface area contributed by atoms with Gasteiger partial charge >= 0.3 is 0 Å². The van der Waals surface area contributed by atoms with E-state index < -0.39 is 0 Å². The van der Waals surface area contributed by atoms with Crippen molar-refractivity contribution in [1.29, 1.82) is 0 Å². The van der Waals surface area contributed by atoms with E-state index in [1.54, 1.807) is 18.9 Å². The van der Waals surface area contributed by atoms with Crippen LogP contribution >= 0.6 is 11.8 Å². The van der Waals surface area contributed by atoms with Gasteiger partial charge in [0.2, 0.25) is 0 Å². The van der Waals surface area contributed by atoms with E-state index in [2.05, 4.69) is 18.3 Å². The maximum Gasteiger partial charge on any atom is 0.130 e. The van der Waals surface area contributed by atoms with Crippen molar-refractivity contribution >= 4 is 28.5 Å². The Morgan fingerprint density at radius 3 is 2.86 bits per heavy atom. The number of anilines is 1. The number of benzene rings is 1. The van der Waals surface area contributed by atoms with Crippen LogP contribution in [0.5, 0.6) is 5.75 Å². The molecule has 1 heterocycles. The molecule has 2 rings (SSSR count). The molecule has 0 radical (unpaired) electrons. The highest BCUT2D eigenvalue weighted by Crippen LogP contribution is 2.28.